The maximum atomic E-state index is 12.4. The molecule has 0 radical (unpaired) electrons. The second-order valence-corrected chi connectivity index (χ2v) is 4.98. The lowest BCUT2D eigenvalue weighted by Crippen LogP contribution is -2.35. The van der Waals surface area contributed by atoms with Crippen LogP contribution in [0.25, 0.3) is 0 Å². The number of hydrogen-bond donors (Lipinski definition) is 1. The van der Waals surface area contributed by atoms with Gasteiger partial charge in [-0.15, -0.1) is 0 Å². The molecule has 1 atom stereocenters. The Morgan fingerprint density at radius 1 is 1.36 bits per heavy atom. The highest BCUT2D eigenvalue weighted by atomic mass is 19.4. The summed E-state index contributed by atoms with van der Waals surface area (Å²) in [4.78, 5) is 13.7. The molecular weight excluding hydrogens is 295 g/mol. The van der Waals surface area contributed by atoms with Gasteiger partial charge in [0.05, 0.1) is 24.1 Å². The number of hydrogen-bond acceptors (Lipinski definition) is 3. The molecule has 120 valence electrons. The Morgan fingerprint density at radius 2 is 1.95 bits per heavy atom. The SMILES string of the molecule is CCN(CC(=O)Nc1ccc(C(F)(F)F)cc1)C[C@@H](C)C#N. The minimum atomic E-state index is -4.39. The molecule has 1 N–H and O–H groups in total. The van der Waals surface area contributed by atoms with E-state index in [9.17, 15) is 18.0 Å². The highest BCUT2D eigenvalue weighted by Crippen LogP contribution is 2.29. The van der Waals surface area contributed by atoms with Crippen molar-refractivity contribution in [1.29, 1.82) is 5.26 Å². The number of carbonyl (C=O) groups excluding carboxylic acids is 1. The molecule has 0 aliphatic heterocycles. The molecule has 1 rings (SSSR count). The molecule has 0 unspecified atom stereocenters. The Hall–Kier alpha value is -2.07. The Kier molecular flexibility index (Phi) is 6.38. The van der Waals surface area contributed by atoms with E-state index in [0.717, 1.165) is 12.1 Å². The van der Waals surface area contributed by atoms with Gasteiger partial charge in [0.2, 0.25) is 5.91 Å². The standard InChI is InChI=1S/C15H18F3N3O/c1-3-21(9-11(2)8-19)10-14(22)20-13-6-4-12(5-7-13)15(16,17)18/h4-7,11H,3,9-10H2,1-2H3,(H,20,22)/t11-/m0/s1. The van der Waals surface area contributed by atoms with Crippen molar-refractivity contribution in [2.24, 2.45) is 5.92 Å². The van der Waals surface area contributed by atoms with E-state index in [1.54, 1.807) is 11.8 Å². The van der Waals surface area contributed by atoms with Gasteiger partial charge in [-0.25, -0.2) is 0 Å². The number of likely N-dealkylation sites (N-methyl/N-ethyl adjacent to an activating group) is 1. The Balaban J connectivity index is 2.59. The van der Waals surface area contributed by atoms with Crippen LogP contribution in [0.4, 0.5) is 18.9 Å². The van der Waals surface area contributed by atoms with Crippen molar-refractivity contribution >= 4 is 11.6 Å². The van der Waals surface area contributed by atoms with Crippen molar-refractivity contribution in [2.75, 3.05) is 25.0 Å². The van der Waals surface area contributed by atoms with Crippen LogP contribution in [0.1, 0.15) is 19.4 Å². The van der Waals surface area contributed by atoms with E-state index in [1.165, 1.54) is 12.1 Å². The number of anilines is 1. The second kappa shape index (κ2) is 7.80. The average Bonchev–Trinajstić information content (AvgIpc) is 2.45. The maximum absolute atomic E-state index is 12.4. The van der Waals surface area contributed by atoms with Gasteiger partial charge in [-0.1, -0.05) is 6.92 Å². The van der Waals surface area contributed by atoms with E-state index in [4.69, 9.17) is 5.26 Å². The number of rotatable bonds is 6. The van der Waals surface area contributed by atoms with E-state index >= 15 is 0 Å². The molecule has 0 heterocycles. The van der Waals surface area contributed by atoms with E-state index in [2.05, 4.69) is 11.4 Å². The van der Waals surface area contributed by atoms with Crippen LogP contribution in [-0.2, 0) is 11.0 Å². The lowest BCUT2D eigenvalue weighted by atomic mass is 10.2. The van der Waals surface area contributed by atoms with Crippen LogP contribution < -0.4 is 5.32 Å². The fourth-order valence-corrected chi connectivity index (χ4v) is 1.88. The molecule has 0 aliphatic rings. The summed E-state index contributed by atoms with van der Waals surface area (Å²) in [6, 6.07) is 6.37. The molecule has 0 bridgehead atoms. The van der Waals surface area contributed by atoms with Gasteiger partial charge in [-0.3, -0.25) is 9.69 Å². The van der Waals surface area contributed by atoms with Crippen molar-refractivity contribution in [3.05, 3.63) is 29.8 Å². The van der Waals surface area contributed by atoms with Crippen LogP contribution in [-0.4, -0.2) is 30.4 Å². The first-order valence-electron chi connectivity index (χ1n) is 6.85. The second-order valence-electron chi connectivity index (χ2n) is 4.98. The summed E-state index contributed by atoms with van der Waals surface area (Å²) in [6.07, 6.45) is -4.39. The molecular formula is C15H18F3N3O. The number of alkyl halides is 3. The zero-order valence-corrected chi connectivity index (χ0v) is 12.4. The number of amides is 1. The van der Waals surface area contributed by atoms with Crippen molar-refractivity contribution in [3.8, 4) is 6.07 Å². The van der Waals surface area contributed by atoms with Gasteiger partial charge in [0, 0.05) is 12.2 Å². The number of nitriles is 1. The van der Waals surface area contributed by atoms with Crippen LogP contribution in [0.15, 0.2) is 24.3 Å². The first-order valence-corrected chi connectivity index (χ1v) is 6.85. The van der Waals surface area contributed by atoms with Crippen molar-refractivity contribution in [3.63, 3.8) is 0 Å². The van der Waals surface area contributed by atoms with Crippen molar-refractivity contribution in [1.82, 2.24) is 4.90 Å². The largest absolute Gasteiger partial charge is 0.416 e. The predicted octanol–water partition coefficient (Wildman–Crippen LogP) is 3.13. The predicted molar refractivity (Wildman–Crippen MR) is 77.0 cm³/mol. The molecule has 7 heteroatoms. The number of nitrogens with one attached hydrogen (secondary N) is 1. The lowest BCUT2D eigenvalue weighted by molar-refractivity contribution is -0.137. The summed E-state index contributed by atoms with van der Waals surface area (Å²) in [5.41, 5.74) is -0.453. The van der Waals surface area contributed by atoms with Crippen LogP contribution in [0.5, 0.6) is 0 Å². The van der Waals surface area contributed by atoms with E-state index < -0.39 is 11.7 Å². The maximum Gasteiger partial charge on any atom is 0.416 e. The van der Waals surface area contributed by atoms with Gasteiger partial charge in [0.25, 0.3) is 0 Å². The fourth-order valence-electron chi connectivity index (χ4n) is 1.88. The average molecular weight is 313 g/mol. The Labute approximate surface area is 127 Å². The molecule has 0 saturated carbocycles. The fraction of sp³-hybridized carbons (Fsp3) is 0.467. The highest BCUT2D eigenvalue weighted by molar-refractivity contribution is 5.92. The third-order valence-electron chi connectivity index (χ3n) is 3.06. The molecule has 0 aromatic heterocycles. The normalized spacial score (nSPS) is 12.8. The number of benzene rings is 1. The first kappa shape index (κ1) is 18.0. The summed E-state index contributed by atoms with van der Waals surface area (Å²) in [5.74, 6) is -0.523. The summed E-state index contributed by atoms with van der Waals surface area (Å²) in [7, 11) is 0. The van der Waals surface area contributed by atoms with Gasteiger partial charge in [0.1, 0.15) is 0 Å². The van der Waals surface area contributed by atoms with Gasteiger partial charge < -0.3 is 5.32 Å². The lowest BCUT2D eigenvalue weighted by Gasteiger charge is -2.20. The molecule has 1 amide bonds. The molecule has 1 aromatic carbocycles. The summed E-state index contributed by atoms with van der Waals surface area (Å²) >= 11 is 0. The third kappa shape index (κ3) is 5.74. The zero-order chi connectivity index (χ0) is 16.8. The number of halogens is 3. The summed E-state index contributed by atoms with van der Waals surface area (Å²) < 4.78 is 37.3. The molecule has 1 aromatic rings. The highest BCUT2D eigenvalue weighted by Gasteiger charge is 2.30. The van der Waals surface area contributed by atoms with Gasteiger partial charge >= 0.3 is 6.18 Å². The van der Waals surface area contributed by atoms with Gasteiger partial charge in [0.15, 0.2) is 0 Å². The summed E-state index contributed by atoms with van der Waals surface area (Å²) in [6.45, 7) is 4.79. The third-order valence-corrected chi connectivity index (χ3v) is 3.06. The monoisotopic (exact) mass is 313 g/mol. The molecule has 0 saturated heterocycles. The van der Waals surface area contributed by atoms with E-state index in [1.807, 2.05) is 6.92 Å². The summed E-state index contributed by atoms with van der Waals surface area (Å²) in [5, 5.41) is 11.3. The minimum Gasteiger partial charge on any atom is -0.325 e. The molecule has 0 spiro atoms. The Morgan fingerprint density at radius 3 is 2.41 bits per heavy atom. The smallest absolute Gasteiger partial charge is 0.325 e. The van der Waals surface area contributed by atoms with Crippen molar-refractivity contribution in [2.45, 2.75) is 20.0 Å². The van der Waals surface area contributed by atoms with E-state index in [0.29, 0.717) is 18.8 Å². The topological polar surface area (TPSA) is 56.1 Å². The minimum absolute atomic E-state index is 0.0868. The molecule has 0 aliphatic carbocycles. The van der Waals surface area contributed by atoms with Gasteiger partial charge in [-0.2, -0.15) is 18.4 Å². The Bertz CT molecular complexity index is 534. The first-order chi connectivity index (χ1) is 10.3. The molecule has 22 heavy (non-hydrogen) atoms. The number of nitrogens with zero attached hydrogens (tertiary/aromatic N) is 2. The zero-order valence-electron chi connectivity index (χ0n) is 12.4. The van der Waals surface area contributed by atoms with Crippen molar-refractivity contribution < 1.29 is 18.0 Å². The van der Waals surface area contributed by atoms with Gasteiger partial charge in [-0.05, 0) is 37.7 Å². The van der Waals surface area contributed by atoms with E-state index in [-0.39, 0.29) is 18.4 Å². The molecule has 0 fully saturated rings. The quantitative estimate of drug-likeness (QED) is 0.878. The van der Waals surface area contributed by atoms with Crippen LogP contribution in [0, 0.1) is 17.2 Å². The van der Waals surface area contributed by atoms with Crippen LogP contribution in [0.3, 0.4) is 0 Å². The van der Waals surface area contributed by atoms with Crippen LogP contribution >= 0.6 is 0 Å². The van der Waals surface area contributed by atoms with Crippen LogP contribution in [0.2, 0.25) is 0 Å². The molecule has 4 nitrogen and oxygen atoms in total. The number of carbonyl (C=O) groups is 1.